The Balaban J connectivity index is 2.30. The van der Waals surface area contributed by atoms with Gasteiger partial charge in [0.15, 0.2) is 0 Å². The van der Waals surface area contributed by atoms with Crippen molar-refractivity contribution in [3.05, 3.63) is 49.1 Å². The number of hydrogen-bond donors (Lipinski definition) is 0. The van der Waals surface area contributed by atoms with Gasteiger partial charge >= 0.3 is 0 Å². The highest BCUT2D eigenvalue weighted by Crippen LogP contribution is 2.37. The fourth-order valence-electron chi connectivity index (χ4n) is 1.92. The first-order chi connectivity index (χ1) is 7.09. The Labute approximate surface area is 91.3 Å². The molecule has 1 aromatic rings. The molecule has 2 nitrogen and oxygen atoms in total. The summed E-state index contributed by atoms with van der Waals surface area (Å²) in [4.78, 5) is 4.10. The van der Waals surface area contributed by atoms with Gasteiger partial charge in [-0.2, -0.15) is 0 Å². The van der Waals surface area contributed by atoms with Crippen LogP contribution in [0.25, 0.3) is 0 Å². The summed E-state index contributed by atoms with van der Waals surface area (Å²) in [5.74, 6) is 0.441. The molecule has 2 heteroatoms. The van der Waals surface area contributed by atoms with Crippen molar-refractivity contribution in [2.45, 2.75) is 20.8 Å². The summed E-state index contributed by atoms with van der Waals surface area (Å²) >= 11 is 0. The molecule has 15 heavy (non-hydrogen) atoms. The molecule has 0 amide bonds. The Bertz CT molecular complexity index is 366. The number of aromatic nitrogens is 2. The van der Waals surface area contributed by atoms with E-state index in [9.17, 15) is 0 Å². The fourth-order valence-corrected chi connectivity index (χ4v) is 1.92. The minimum absolute atomic E-state index is 0.237. The molecular weight excluding hydrogens is 184 g/mol. The van der Waals surface area contributed by atoms with Gasteiger partial charge in [-0.3, -0.25) is 0 Å². The maximum atomic E-state index is 4.10. The molecule has 0 bridgehead atoms. The fraction of sp³-hybridized carbons (Fsp3) is 0.385. The summed E-state index contributed by atoms with van der Waals surface area (Å²) in [6, 6.07) is 1.29. The quantitative estimate of drug-likeness (QED) is 0.683. The Morgan fingerprint density at radius 2 is 2.07 bits per heavy atom. The van der Waals surface area contributed by atoms with Gasteiger partial charge in [-0.25, -0.2) is 4.98 Å². The van der Waals surface area contributed by atoms with Gasteiger partial charge in [-0.15, -0.1) is 0 Å². The van der Waals surface area contributed by atoms with Crippen molar-refractivity contribution in [3.8, 4) is 0 Å². The standard InChI is InChI=1S/C13H17N2/c1-13(2,3)11-6-4-5-7-12(11)15-9-8-14-10-15/h4-11H,1-3H3. The molecule has 1 heterocycles. The highest BCUT2D eigenvalue weighted by Gasteiger charge is 2.31. The molecule has 0 aromatic carbocycles. The topological polar surface area (TPSA) is 17.8 Å². The molecule has 1 unspecified atom stereocenters. The van der Waals surface area contributed by atoms with E-state index in [-0.39, 0.29) is 5.41 Å². The molecule has 0 saturated heterocycles. The third-order valence-corrected chi connectivity index (χ3v) is 2.74. The van der Waals surface area contributed by atoms with E-state index in [1.165, 1.54) is 6.04 Å². The normalized spacial score (nSPS) is 22.2. The van der Waals surface area contributed by atoms with E-state index in [1.54, 1.807) is 0 Å². The minimum atomic E-state index is 0.237. The van der Waals surface area contributed by atoms with Crippen LogP contribution < -0.4 is 0 Å². The first-order valence-electron chi connectivity index (χ1n) is 5.29. The van der Waals surface area contributed by atoms with E-state index in [4.69, 9.17) is 0 Å². The SMILES string of the molecule is CC(C)(C)C1C=CC=C[C]1n1ccnc1. The molecule has 0 saturated carbocycles. The van der Waals surface area contributed by atoms with Gasteiger partial charge in [0.1, 0.15) is 0 Å². The maximum absolute atomic E-state index is 4.10. The van der Waals surface area contributed by atoms with Gasteiger partial charge < -0.3 is 4.57 Å². The van der Waals surface area contributed by atoms with Crippen LogP contribution in [-0.4, -0.2) is 9.55 Å². The maximum Gasteiger partial charge on any atom is 0.0984 e. The molecule has 0 N–H and O–H groups in total. The molecule has 79 valence electrons. The van der Waals surface area contributed by atoms with E-state index in [1.807, 2.05) is 18.7 Å². The monoisotopic (exact) mass is 201 g/mol. The zero-order valence-corrected chi connectivity index (χ0v) is 9.51. The van der Waals surface area contributed by atoms with Gasteiger partial charge in [0.05, 0.1) is 12.4 Å². The Morgan fingerprint density at radius 3 is 2.67 bits per heavy atom. The van der Waals surface area contributed by atoms with Crippen LogP contribution in [0.2, 0.25) is 0 Å². The summed E-state index contributed by atoms with van der Waals surface area (Å²) in [5, 5.41) is 0. The zero-order valence-electron chi connectivity index (χ0n) is 9.51. The van der Waals surface area contributed by atoms with E-state index in [0.29, 0.717) is 5.92 Å². The van der Waals surface area contributed by atoms with Crippen molar-refractivity contribution in [2.24, 2.45) is 11.3 Å². The Morgan fingerprint density at radius 1 is 1.27 bits per heavy atom. The molecule has 0 spiro atoms. The number of rotatable bonds is 1. The Hall–Kier alpha value is -1.31. The molecule has 0 aliphatic heterocycles. The first-order valence-corrected chi connectivity index (χ1v) is 5.29. The van der Waals surface area contributed by atoms with Gasteiger partial charge in [-0.05, 0) is 5.41 Å². The number of hydrogen-bond acceptors (Lipinski definition) is 1. The summed E-state index contributed by atoms with van der Waals surface area (Å²) in [7, 11) is 0. The number of imidazole rings is 1. The van der Waals surface area contributed by atoms with Crippen molar-refractivity contribution >= 4 is 0 Å². The van der Waals surface area contributed by atoms with Crippen LogP contribution in [0.1, 0.15) is 20.8 Å². The van der Waals surface area contributed by atoms with Gasteiger partial charge in [0, 0.05) is 18.3 Å². The van der Waals surface area contributed by atoms with E-state index < -0.39 is 0 Å². The molecule has 0 fully saturated rings. The van der Waals surface area contributed by atoms with Crippen molar-refractivity contribution in [2.75, 3.05) is 0 Å². The van der Waals surface area contributed by atoms with Crippen LogP contribution in [0.3, 0.4) is 0 Å². The molecule has 1 aliphatic carbocycles. The van der Waals surface area contributed by atoms with E-state index in [2.05, 4.69) is 54.6 Å². The first kappa shape index (κ1) is 10.2. The smallest absolute Gasteiger partial charge is 0.0984 e. The van der Waals surface area contributed by atoms with Crippen LogP contribution >= 0.6 is 0 Å². The number of nitrogens with zero attached hydrogens (tertiary/aromatic N) is 2. The van der Waals surface area contributed by atoms with Crippen LogP contribution in [0.4, 0.5) is 0 Å². The third kappa shape index (κ3) is 2.04. The number of allylic oxidation sites excluding steroid dienone is 4. The second kappa shape index (κ2) is 3.69. The van der Waals surface area contributed by atoms with Gasteiger partial charge in [0.25, 0.3) is 0 Å². The lowest BCUT2D eigenvalue weighted by atomic mass is 9.74. The minimum Gasteiger partial charge on any atom is -0.324 e. The molecule has 1 radical (unpaired) electrons. The van der Waals surface area contributed by atoms with Gasteiger partial charge in [0.2, 0.25) is 0 Å². The zero-order chi connectivity index (χ0) is 10.9. The summed E-state index contributed by atoms with van der Waals surface area (Å²) in [6.07, 6.45) is 14.3. The Kier molecular flexibility index (Phi) is 2.51. The average Bonchev–Trinajstić information content (AvgIpc) is 2.69. The van der Waals surface area contributed by atoms with Crippen molar-refractivity contribution in [1.29, 1.82) is 0 Å². The predicted octanol–water partition coefficient (Wildman–Crippen LogP) is 3.05. The molecule has 1 aromatic heterocycles. The largest absolute Gasteiger partial charge is 0.324 e. The van der Waals surface area contributed by atoms with Crippen LogP contribution in [0.5, 0.6) is 0 Å². The molecule has 1 atom stereocenters. The van der Waals surface area contributed by atoms with Crippen LogP contribution in [-0.2, 0) is 0 Å². The summed E-state index contributed by atoms with van der Waals surface area (Å²) in [5.41, 5.74) is 0.237. The second-order valence-corrected chi connectivity index (χ2v) is 4.98. The highest BCUT2D eigenvalue weighted by atomic mass is 15.1. The average molecular weight is 201 g/mol. The van der Waals surface area contributed by atoms with Crippen LogP contribution in [0.15, 0.2) is 43.0 Å². The van der Waals surface area contributed by atoms with Crippen molar-refractivity contribution in [3.63, 3.8) is 0 Å². The summed E-state index contributed by atoms with van der Waals surface area (Å²) in [6.45, 7) is 6.79. The second-order valence-electron chi connectivity index (χ2n) is 4.98. The third-order valence-electron chi connectivity index (χ3n) is 2.74. The van der Waals surface area contributed by atoms with E-state index in [0.717, 1.165) is 0 Å². The van der Waals surface area contributed by atoms with Crippen molar-refractivity contribution in [1.82, 2.24) is 9.55 Å². The molecular formula is C13H17N2. The van der Waals surface area contributed by atoms with Crippen LogP contribution in [0, 0.1) is 17.4 Å². The van der Waals surface area contributed by atoms with E-state index >= 15 is 0 Å². The van der Waals surface area contributed by atoms with Crippen molar-refractivity contribution < 1.29 is 0 Å². The molecule has 1 aliphatic rings. The summed E-state index contributed by atoms with van der Waals surface area (Å²) < 4.78 is 2.09. The lowest BCUT2D eigenvalue weighted by Gasteiger charge is -2.34. The highest BCUT2D eigenvalue weighted by molar-refractivity contribution is 5.29. The predicted molar refractivity (Wildman–Crippen MR) is 62.1 cm³/mol. The molecule has 2 rings (SSSR count). The van der Waals surface area contributed by atoms with Gasteiger partial charge in [-0.1, -0.05) is 45.1 Å². The lowest BCUT2D eigenvalue weighted by Crippen LogP contribution is -2.29. The lowest BCUT2D eigenvalue weighted by molar-refractivity contribution is 0.297.